The molecule has 1 aromatic rings. The second-order valence-corrected chi connectivity index (χ2v) is 6.15. The summed E-state index contributed by atoms with van der Waals surface area (Å²) in [5, 5.41) is 10.7. The predicted molar refractivity (Wildman–Crippen MR) is 68.0 cm³/mol. The predicted octanol–water partition coefficient (Wildman–Crippen LogP) is 0.889. The van der Waals surface area contributed by atoms with Crippen LogP contribution in [0.1, 0.15) is 12.0 Å². The van der Waals surface area contributed by atoms with Gasteiger partial charge in [-0.3, -0.25) is 14.4 Å². The molecule has 0 bridgehead atoms. The Bertz CT molecular complexity index is 612. The van der Waals surface area contributed by atoms with E-state index >= 15 is 0 Å². The monoisotopic (exact) mass is 271 g/mol. The van der Waals surface area contributed by atoms with Crippen molar-refractivity contribution in [3.05, 3.63) is 27.8 Å². The first-order chi connectivity index (χ1) is 8.30. The first-order valence-electron chi connectivity index (χ1n) is 5.35. The van der Waals surface area contributed by atoms with Gasteiger partial charge in [-0.1, -0.05) is 0 Å². The van der Waals surface area contributed by atoms with Gasteiger partial charge in [0.1, 0.15) is 0 Å². The van der Waals surface area contributed by atoms with Gasteiger partial charge in [0.2, 0.25) is 10.0 Å². The van der Waals surface area contributed by atoms with Gasteiger partial charge in [-0.2, -0.15) is 0 Å². The van der Waals surface area contributed by atoms with E-state index in [1.165, 1.54) is 16.4 Å². The first kappa shape index (κ1) is 12.6. The van der Waals surface area contributed by atoms with Crippen LogP contribution in [0.3, 0.4) is 0 Å². The van der Waals surface area contributed by atoms with Crippen LogP contribution in [0.4, 0.5) is 17.1 Å². The van der Waals surface area contributed by atoms with Crippen LogP contribution in [0.25, 0.3) is 0 Å². The van der Waals surface area contributed by atoms with Crippen molar-refractivity contribution in [1.82, 2.24) is 0 Å². The fourth-order valence-corrected chi connectivity index (χ4v) is 3.17. The van der Waals surface area contributed by atoms with Crippen molar-refractivity contribution in [2.24, 2.45) is 0 Å². The number of nitrogen functional groups attached to an aromatic ring is 1. The third-order valence-corrected chi connectivity index (χ3v) is 4.04. The summed E-state index contributed by atoms with van der Waals surface area (Å²) >= 11 is 0. The molecule has 1 aromatic carbocycles. The highest BCUT2D eigenvalue weighted by molar-refractivity contribution is 7.92. The van der Waals surface area contributed by atoms with Gasteiger partial charge in [0.15, 0.2) is 0 Å². The maximum absolute atomic E-state index is 11.7. The molecule has 1 heterocycles. The minimum Gasteiger partial charge on any atom is -0.397 e. The Morgan fingerprint density at radius 1 is 1.44 bits per heavy atom. The van der Waals surface area contributed by atoms with Crippen molar-refractivity contribution in [3.63, 3.8) is 0 Å². The Hall–Kier alpha value is -1.83. The normalized spacial score (nSPS) is 15.3. The lowest BCUT2D eigenvalue weighted by Crippen LogP contribution is -2.35. The Balaban J connectivity index is 2.63. The standard InChI is InChI=1S/C10H13N3O4S/c1-18(16,17)12-4-2-3-7-5-8(13(14)15)6-9(11)10(7)12/h5-6H,2-4,11H2,1H3. The highest BCUT2D eigenvalue weighted by atomic mass is 32.2. The first-order valence-corrected chi connectivity index (χ1v) is 7.20. The zero-order valence-electron chi connectivity index (χ0n) is 9.79. The molecular weight excluding hydrogens is 258 g/mol. The zero-order valence-corrected chi connectivity index (χ0v) is 10.6. The maximum Gasteiger partial charge on any atom is 0.271 e. The van der Waals surface area contributed by atoms with E-state index in [0.29, 0.717) is 30.6 Å². The molecule has 0 radical (unpaired) electrons. The van der Waals surface area contributed by atoms with E-state index < -0.39 is 14.9 Å². The summed E-state index contributed by atoms with van der Waals surface area (Å²) in [6.07, 6.45) is 2.32. The molecule has 0 spiro atoms. The molecule has 0 unspecified atom stereocenters. The topological polar surface area (TPSA) is 107 Å². The van der Waals surface area contributed by atoms with Crippen LogP contribution in [0.15, 0.2) is 12.1 Å². The van der Waals surface area contributed by atoms with Crippen molar-refractivity contribution in [2.75, 3.05) is 22.8 Å². The number of non-ortho nitro benzene ring substituents is 1. The lowest BCUT2D eigenvalue weighted by Gasteiger charge is -2.30. The van der Waals surface area contributed by atoms with Gasteiger partial charge in [0.05, 0.1) is 22.6 Å². The van der Waals surface area contributed by atoms with Gasteiger partial charge in [-0.25, -0.2) is 8.42 Å². The largest absolute Gasteiger partial charge is 0.397 e. The lowest BCUT2D eigenvalue weighted by molar-refractivity contribution is -0.384. The van der Waals surface area contributed by atoms with Crippen molar-refractivity contribution < 1.29 is 13.3 Å². The summed E-state index contributed by atoms with van der Waals surface area (Å²) in [5.41, 5.74) is 6.77. The Morgan fingerprint density at radius 2 is 2.11 bits per heavy atom. The summed E-state index contributed by atoms with van der Waals surface area (Å²) in [6, 6.07) is 2.59. The van der Waals surface area contributed by atoms with Crippen LogP contribution in [-0.2, 0) is 16.4 Å². The summed E-state index contributed by atoms with van der Waals surface area (Å²) in [4.78, 5) is 10.2. The van der Waals surface area contributed by atoms with Crippen molar-refractivity contribution >= 4 is 27.1 Å². The van der Waals surface area contributed by atoms with Crippen molar-refractivity contribution in [3.8, 4) is 0 Å². The summed E-state index contributed by atoms with van der Waals surface area (Å²) in [7, 11) is -3.41. The van der Waals surface area contributed by atoms with Gasteiger partial charge in [-0.15, -0.1) is 0 Å². The molecule has 1 aliphatic rings. The zero-order chi connectivity index (χ0) is 13.5. The van der Waals surface area contributed by atoms with E-state index in [0.717, 1.165) is 6.26 Å². The number of nitrogens with zero attached hydrogens (tertiary/aromatic N) is 2. The molecule has 2 N–H and O–H groups in total. The number of benzene rings is 1. The number of fused-ring (bicyclic) bond motifs is 1. The summed E-state index contributed by atoms with van der Waals surface area (Å²) in [5.74, 6) is 0. The molecule has 0 aromatic heterocycles. The van der Waals surface area contributed by atoms with Crippen LogP contribution in [-0.4, -0.2) is 26.1 Å². The van der Waals surface area contributed by atoms with Gasteiger partial charge in [0, 0.05) is 18.7 Å². The number of hydrogen-bond donors (Lipinski definition) is 1. The number of nitrogens with two attached hydrogens (primary N) is 1. The fraction of sp³-hybridized carbons (Fsp3) is 0.400. The van der Waals surface area contributed by atoms with E-state index in [9.17, 15) is 18.5 Å². The van der Waals surface area contributed by atoms with Gasteiger partial charge in [-0.05, 0) is 18.4 Å². The molecule has 0 amide bonds. The molecule has 7 nitrogen and oxygen atoms in total. The Labute approximate surface area is 104 Å². The average molecular weight is 271 g/mol. The van der Waals surface area contributed by atoms with Crippen LogP contribution in [0, 0.1) is 10.1 Å². The molecule has 0 aliphatic carbocycles. The van der Waals surface area contributed by atoms with E-state index in [1.807, 2.05) is 0 Å². The number of aryl methyl sites for hydroxylation is 1. The molecule has 1 aliphatic heterocycles. The molecule has 0 saturated heterocycles. The summed E-state index contributed by atoms with van der Waals surface area (Å²) < 4.78 is 24.5. The van der Waals surface area contributed by atoms with Gasteiger partial charge in [0.25, 0.3) is 5.69 Å². The highest BCUT2D eigenvalue weighted by Crippen LogP contribution is 2.37. The minimum atomic E-state index is -3.41. The number of nitro groups is 1. The maximum atomic E-state index is 11.7. The van der Waals surface area contributed by atoms with Gasteiger partial charge < -0.3 is 5.73 Å². The fourth-order valence-electron chi connectivity index (χ4n) is 2.16. The molecule has 0 saturated carbocycles. The quantitative estimate of drug-likeness (QED) is 0.488. The van der Waals surface area contributed by atoms with Crippen LogP contribution < -0.4 is 10.0 Å². The van der Waals surface area contributed by atoms with Crippen molar-refractivity contribution in [1.29, 1.82) is 0 Å². The smallest absolute Gasteiger partial charge is 0.271 e. The number of anilines is 2. The average Bonchev–Trinajstić information content (AvgIpc) is 2.26. The third kappa shape index (κ3) is 2.10. The molecule has 0 atom stereocenters. The molecular formula is C10H13N3O4S. The van der Waals surface area contributed by atoms with Crippen LogP contribution >= 0.6 is 0 Å². The molecule has 2 rings (SSSR count). The molecule has 8 heteroatoms. The second kappa shape index (κ2) is 4.13. The highest BCUT2D eigenvalue weighted by Gasteiger charge is 2.28. The van der Waals surface area contributed by atoms with Crippen LogP contribution in [0.5, 0.6) is 0 Å². The Morgan fingerprint density at radius 3 is 2.67 bits per heavy atom. The van der Waals surface area contributed by atoms with E-state index in [4.69, 9.17) is 5.73 Å². The van der Waals surface area contributed by atoms with Crippen LogP contribution in [0.2, 0.25) is 0 Å². The van der Waals surface area contributed by atoms with E-state index in [2.05, 4.69) is 0 Å². The van der Waals surface area contributed by atoms with Gasteiger partial charge >= 0.3 is 0 Å². The number of rotatable bonds is 2. The summed E-state index contributed by atoms with van der Waals surface area (Å²) in [6.45, 7) is 0.355. The lowest BCUT2D eigenvalue weighted by atomic mass is 10.0. The molecule has 18 heavy (non-hydrogen) atoms. The minimum absolute atomic E-state index is 0.110. The van der Waals surface area contributed by atoms with E-state index in [1.54, 1.807) is 0 Å². The number of sulfonamides is 1. The molecule has 98 valence electrons. The molecule has 0 fully saturated rings. The van der Waals surface area contributed by atoms with E-state index in [-0.39, 0.29) is 11.4 Å². The van der Waals surface area contributed by atoms with Crippen molar-refractivity contribution in [2.45, 2.75) is 12.8 Å². The second-order valence-electron chi connectivity index (χ2n) is 4.24. The third-order valence-electron chi connectivity index (χ3n) is 2.87. The number of nitro benzene ring substituents is 1. The Kier molecular flexibility index (Phi) is 2.89. The SMILES string of the molecule is CS(=O)(=O)N1CCCc2cc([N+](=O)[O-])cc(N)c21. The number of hydrogen-bond acceptors (Lipinski definition) is 5.